The van der Waals surface area contributed by atoms with Crippen LogP contribution in [0.5, 0.6) is 0 Å². The highest BCUT2D eigenvalue weighted by Crippen LogP contribution is 2.50. The highest BCUT2D eigenvalue weighted by atomic mass is 32.2. The molecule has 1 aromatic heterocycles. The van der Waals surface area contributed by atoms with Gasteiger partial charge in [-0.3, -0.25) is 4.79 Å². The Labute approximate surface area is 133 Å². The van der Waals surface area contributed by atoms with Crippen LogP contribution in [0.4, 0.5) is 0 Å². The second kappa shape index (κ2) is 4.91. The lowest BCUT2D eigenvalue weighted by Gasteiger charge is -2.06. The minimum Gasteiger partial charge on any atom is -0.302 e. The molecule has 2 saturated carbocycles. The number of nitrogens with zero attached hydrogens (tertiary/aromatic N) is 1. The molecule has 1 aromatic carbocycles. The van der Waals surface area contributed by atoms with Gasteiger partial charge < -0.3 is 4.57 Å². The molecular formula is C15H18N2O3S2. The van der Waals surface area contributed by atoms with E-state index in [-0.39, 0.29) is 15.8 Å². The van der Waals surface area contributed by atoms with E-state index in [9.17, 15) is 13.2 Å². The smallest absolute Gasteiger partial charge is 0.302 e. The Balaban J connectivity index is 1.64. The van der Waals surface area contributed by atoms with Gasteiger partial charge in [-0.15, -0.1) is 0 Å². The predicted octanol–water partition coefficient (Wildman–Crippen LogP) is 2.07. The zero-order valence-corrected chi connectivity index (χ0v) is 13.9. The molecule has 1 N–H and O–H groups in total. The van der Waals surface area contributed by atoms with Crippen LogP contribution in [0, 0.1) is 11.8 Å². The van der Waals surface area contributed by atoms with Crippen molar-refractivity contribution in [3.63, 3.8) is 0 Å². The maximum absolute atomic E-state index is 12.6. The third kappa shape index (κ3) is 2.23. The molecule has 0 radical (unpaired) electrons. The average molecular weight is 338 g/mol. The molecular weight excluding hydrogens is 320 g/mol. The zero-order valence-electron chi connectivity index (χ0n) is 12.3. The lowest BCUT2D eigenvalue weighted by atomic mass is 10.0. The Morgan fingerprint density at radius 2 is 1.91 bits per heavy atom. The summed E-state index contributed by atoms with van der Waals surface area (Å²) in [6, 6.07) is 5.01. The van der Waals surface area contributed by atoms with E-state index in [2.05, 4.69) is 4.72 Å². The van der Waals surface area contributed by atoms with Gasteiger partial charge in [0.05, 0.1) is 15.1 Å². The van der Waals surface area contributed by atoms with Gasteiger partial charge in [-0.1, -0.05) is 24.2 Å². The SMILES string of the molecule is Cn1c(=O)sc2cc(S(=O)(=O)NC3[C@H]4CCCC[C@H]34)ccc21. The van der Waals surface area contributed by atoms with Crippen molar-refractivity contribution in [2.24, 2.45) is 18.9 Å². The monoisotopic (exact) mass is 338 g/mol. The summed E-state index contributed by atoms with van der Waals surface area (Å²) in [6.07, 6.45) is 4.70. The summed E-state index contributed by atoms with van der Waals surface area (Å²) in [5.74, 6) is 1.06. The minimum atomic E-state index is -3.50. The summed E-state index contributed by atoms with van der Waals surface area (Å²) in [6.45, 7) is 0. The van der Waals surface area contributed by atoms with E-state index < -0.39 is 10.0 Å². The molecule has 0 spiro atoms. The number of rotatable bonds is 3. The first-order chi connectivity index (χ1) is 10.5. The third-order valence-corrected chi connectivity index (χ3v) is 7.47. The summed E-state index contributed by atoms with van der Waals surface area (Å²) >= 11 is 1.08. The van der Waals surface area contributed by atoms with Crippen molar-refractivity contribution in [3.05, 3.63) is 27.9 Å². The fraction of sp³-hybridized carbons (Fsp3) is 0.533. The number of hydrogen-bond acceptors (Lipinski definition) is 4. The van der Waals surface area contributed by atoms with E-state index in [4.69, 9.17) is 0 Å². The minimum absolute atomic E-state index is 0.0780. The Bertz CT molecular complexity index is 885. The highest BCUT2D eigenvalue weighted by molar-refractivity contribution is 7.89. The van der Waals surface area contributed by atoms with Crippen LogP contribution in [-0.2, 0) is 17.1 Å². The second-order valence-electron chi connectivity index (χ2n) is 6.32. The van der Waals surface area contributed by atoms with Gasteiger partial charge in [0.1, 0.15) is 0 Å². The molecule has 2 aliphatic rings. The van der Waals surface area contributed by atoms with Crippen molar-refractivity contribution >= 4 is 31.6 Å². The van der Waals surface area contributed by atoms with Crippen molar-refractivity contribution in [2.45, 2.75) is 36.6 Å². The van der Waals surface area contributed by atoms with Crippen LogP contribution in [-0.4, -0.2) is 19.0 Å². The summed E-state index contributed by atoms with van der Waals surface area (Å²) in [4.78, 5) is 11.9. The van der Waals surface area contributed by atoms with Crippen molar-refractivity contribution < 1.29 is 8.42 Å². The summed E-state index contributed by atoms with van der Waals surface area (Å²) in [7, 11) is -1.81. The first-order valence-corrected chi connectivity index (χ1v) is 9.89. The van der Waals surface area contributed by atoms with Crippen LogP contribution in [0.1, 0.15) is 25.7 Å². The Morgan fingerprint density at radius 3 is 2.59 bits per heavy atom. The van der Waals surface area contributed by atoms with E-state index in [1.165, 1.54) is 12.8 Å². The van der Waals surface area contributed by atoms with Gasteiger partial charge in [0, 0.05) is 13.1 Å². The molecule has 5 nitrogen and oxygen atoms in total. The molecule has 118 valence electrons. The van der Waals surface area contributed by atoms with Crippen LogP contribution in [0.2, 0.25) is 0 Å². The fourth-order valence-corrected chi connectivity index (χ4v) is 6.05. The predicted molar refractivity (Wildman–Crippen MR) is 86.6 cm³/mol. The molecule has 1 heterocycles. The van der Waals surface area contributed by atoms with Gasteiger partial charge >= 0.3 is 4.87 Å². The number of benzene rings is 1. The maximum Gasteiger partial charge on any atom is 0.307 e. The molecule has 0 amide bonds. The molecule has 2 atom stereocenters. The topological polar surface area (TPSA) is 68.2 Å². The molecule has 0 unspecified atom stereocenters. The highest BCUT2D eigenvalue weighted by Gasteiger charge is 2.52. The largest absolute Gasteiger partial charge is 0.307 e. The molecule has 0 aliphatic heterocycles. The van der Waals surface area contributed by atoms with E-state index in [0.717, 1.165) is 29.7 Å². The number of aryl methyl sites for hydroxylation is 1. The number of aromatic nitrogens is 1. The van der Waals surface area contributed by atoms with Crippen LogP contribution in [0.15, 0.2) is 27.9 Å². The molecule has 4 rings (SSSR count). The summed E-state index contributed by atoms with van der Waals surface area (Å²) < 4.78 is 30.3. The van der Waals surface area contributed by atoms with Gasteiger partial charge in [0.2, 0.25) is 10.0 Å². The number of thiazole rings is 1. The number of sulfonamides is 1. The molecule has 2 fully saturated rings. The van der Waals surface area contributed by atoms with E-state index >= 15 is 0 Å². The normalized spacial score (nSPS) is 27.8. The van der Waals surface area contributed by atoms with Crippen LogP contribution in [0.3, 0.4) is 0 Å². The molecule has 0 bridgehead atoms. The van der Waals surface area contributed by atoms with Crippen LogP contribution >= 0.6 is 11.3 Å². The summed E-state index contributed by atoms with van der Waals surface area (Å²) in [5.41, 5.74) is 0.772. The van der Waals surface area contributed by atoms with Gasteiger partial charge in [-0.05, 0) is 42.9 Å². The van der Waals surface area contributed by atoms with E-state index in [0.29, 0.717) is 16.5 Å². The van der Waals surface area contributed by atoms with Crippen molar-refractivity contribution in [3.8, 4) is 0 Å². The van der Waals surface area contributed by atoms with E-state index in [1.807, 2.05) is 0 Å². The number of hydrogen-bond donors (Lipinski definition) is 1. The van der Waals surface area contributed by atoms with Crippen LogP contribution in [0.25, 0.3) is 10.2 Å². The second-order valence-corrected chi connectivity index (χ2v) is 9.02. The molecule has 22 heavy (non-hydrogen) atoms. The lowest BCUT2D eigenvalue weighted by Crippen LogP contribution is -2.27. The van der Waals surface area contributed by atoms with Gasteiger partial charge in [0.15, 0.2) is 0 Å². The maximum atomic E-state index is 12.6. The Kier molecular flexibility index (Phi) is 3.22. The Morgan fingerprint density at radius 1 is 1.23 bits per heavy atom. The quantitative estimate of drug-likeness (QED) is 0.931. The first-order valence-electron chi connectivity index (χ1n) is 7.59. The fourth-order valence-electron chi connectivity index (χ4n) is 3.70. The Hall–Kier alpha value is -1.18. The molecule has 2 aliphatic carbocycles. The summed E-state index contributed by atoms with van der Waals surface area (Å²) in [5, 5.41) is 0. The van der Waals surface area contributed by atoms with Gasteiger partial charge in [-0.2, -0.15) is 0 Å². The standard InChI is InChI=1S/C15H18N2O3S2/c1-17-12-7-6-9(8-13(12)21-15(17)18)22(19,20)16-14-10-4-2-3-5-11(10)14/h6-8,10-11,14,16H,2-5H2,1H3/t10-,11-/m0/s1. The van der Waals surface area contributed by atoms with Crippen LogP contribution < -0.4 is 9.60 Å². The molecule has 2 aromatic rings. The van der Waals surface area contributed by atoms with Gasteiger partial charge in [0.25, 0.3) is 0 Å². The lowest BCUT2D eigenvalue weighted by molar-refractivity contribution is 0.480. The van der Waals surface area contributed by atoms with Crippen molar-refractivity contribution in [2.75, 3.05) is 0 Å². The number of fused-ring (bicyclic) bond motifs is 2. The zero-order chi connectivity index (χ0) is 15.5. The first kappa shape index (κ1) is 14.4. The average Bonchev–Trinajstić information content (AvgIpc) is 3.10. The van der Waals surface area contributed by atoms with Crippen molar-refractivity contribution in [1.82, 2.24) is 9.29 Å². The molecule has 0 saturated heterocycles. The third-order valence-electron chi connectivity index (χ3n) is 5.02. The molecule has 7 heteroatoms. The van der Waals surface area contributed by atoms with Crippen molar-refractivity contribution in [1.29, 1.82) is 0 Å². The number of nitrogens with one attached hydrogen (secondary N) is 1. The van der Waals surface area contributed by atoms with Gasteiger partial charge in [-0.25, -0.2) is 13.1 Å². The van der Waals surface area contributed by atoms with E-state index in [1.54, 1.807) is 29.8 Å².